The van der Waals surface area contributed by atoms with Gasteiger partial charge >= 0.3 is 0 Å². The van der Waals surface area contributed by atoms with Gasteiger partial charge in [0.25, 0.3) is 5.65 Å². The van der Waals surface area contributed by atoms with E-state index in [1.807, 2.05) is 49.6 Å². The van der Waals surface area contributed by atoms with Crippen molar-refractivity contribution in [2.75, 3.05) is 5.32 Å². The Morgan fingerprint density at radius 2 is 1.86 bits per heavy atom. The minimum absolute atomic E-state index is 0. The summed E-state index contributed by atoms with van der Waals surface area (Å²) in [4.78, 5) is 11.0. The molecule has 21 heavy (non-hydrogen) atoms. The fourth-order valence-electron chi connectivity index (χ4n) is 2.38. The molecule has 0 spiro atoms. The van der Waals surface area contributed by atoms with Crippen LogP contribution in [0.5, 0.6) is 0 Å². The maximum absolute atomic E-state index is 11.0. The van der Waals surface area contributed by atoms with E-state index in [0.717, 1.165) is 22.6 Å². The Labute approximate surface area is 140 Å². The highest BCUT2D eigenvalue weighted by atomic mass is 127. The van der Waals surface area contributed by atoms with Gasteiger partial charge < -0.3 is 29.3 Å². The Hall–Kier alpha value is -1.89. The smallest absolute Gasteiger partial charge is 0.286 e. The van der Waals surface area contributed by atoms with Crippen molar-refractivity contribution in [2.24, 2.45) is 7.05 Å². The maximum Gasteiger partial charge on any atom is 0.286 e. The molecular weight excluding hydrogens is 377 g/mol. The summed E-state index contributed by atoms with van der Waals surface area (Å²) in [6, 6.07) is 14.0. The van der Waals surface area contributed by atoms with Gasteiger partial charge in [0.15, 0.2) is 5.69 Å². The van der Waals surface area contributed by atoms with E-state index in [2.05, 4.69) is 26.5 Å². The number of carbonyl (C=O) groups is 1. The van der Waals surface area contributed by atoms with E-state index in [9.17, 15) is 4.79 Å². The Bertz CT molecular complexity index is 778. The molecule has 0 saturated heterocycles. The molecule has 0 bridgehead atoms. The number of rotatable bonds is 2. The van der Waals surface area contributed by atoms with Crippen LogP contribution in [0.25, 0.3) is 16.9 Å². The second-order valence-electron chi connectivity index (χ2n) is 4.80. The predicted octanol–water partition coefficient (Wildman–Crippen LogP) is -0.607. The van der Waals surface area contributed by atoms with Gasteiger partial charge in [0.2, 0.25) is 5.91 Å². The van der Waals surface area contributed by atoms with Crippen LogP contribution in [-0.4, -0.2) is 10.5 Å². The van der Waals surface area contributed by atoms with Crippen molar-refractivity contribution in [1.82, 2.24) is 4.57 Å². The number of nitrogens with one attached hydrogen (secondary N) is 1. The third-order valence-corrected chi connectivity index (χ3v) is 3.34. The van der Waals surface area contributed by atoms with Gasteiger partial charge in [0.05, 0.1) is 13.2 Å². The second-order valence-corrected chi connectivity index (χ2v) is 4.80. The molecule has 3 aromatic rings. The average Bonchev–Trinajstić information content (AvgIpc) is 2.77. The third-order valence-electron chi connectivity index (χ3n) is 3.34. The van der Waals surface area contributed by atoms with Crippen LogP contribution >= 0.6 is 0 Å². The van der Waals surface area contributed by atoms with Crippen molar-refractivity contribution in [3.8, 4) is 11.3 Å². The largest absolute Gasteiger partial charge is 1.00 e. The number of hydrogen-bond donors (Lipinski definition) is 1. The van der Waals surface area contributed by atoms with Gasteiger partial charge in [0.1, 0.15) is 6.20 Å². The lowest BCUT2D eigenvalue weighted by molar-refractivity contribution is -0.510. The van der Waals surface area contributed by atoms with Gasteiger partial charge in [0, 0.05) is 24.2 Å². The topological polar surface area (TPSA) is 38.1 Å². The van der Waals surface area contributed by atoms with E-state index >= 15 is 0 Å². The van der Waals surface area contributed by atoms with Crippen molar-refractivity contribution < 1.29 is 33.2 Å². The quantitative estimate of drug-likeness (QED) is 0.458. The summed E-state index contributed by atoms with van der Waals surface area (Å²) >= 11 is 0. The summed E-state index contributed by atoms with van der Waals surface area (Å²) in [7, 11) is 2.05. The molecule has 0 atom stereocenters. The Kier molecular flexibility index (Phi) is 4.62. The van der Waals surface area contributed by atoms with Crippen molar-refractivity contribution in [3.05, 3.63) is 54.9 Å². The van der Waals surface area contributed by atoms with Crippen molar-refractivity contribution in [3.63, 3.8) is 0 Å². The Balaban J connectivity index is 0.00000161. The van der Waals surface area contributed by atoms with Crippen LogP contribution in [0.3, 0.4) is 0 Å². The van der Waals surface area contributed by atoms with Gasteiger partial charge in [-0.2, -0.15) is 0 Å². The third kappa shape index (κ3) is 3.07. The first-order valence-corrected chi connectivity index (χ1v) is 6.49. The lowest BCUT2D eigenvalue weighted by Gasteiger charge is -2.02. The molecular formula is C16H16IN3O. The monoisotopic (exact) mass is 393 g/mol. The standard InChI is InChI=1S/C16H15N3O.HI/c1-12(20)17-14-8-6-13(7-9-14)15-11-19-10-4-3-5-16(19)18(15)2;/h3-11H,1-2H3;1H. The number of aryl methyl sites for hydroxylation is 1. The number of amides is 1. The van der Waals surface area contributed by atoms with E-state index < -0.39 is 0 Å². The minimum Gasteiger partial charge on any atom is -1.00 e. The molecule has 0 aliphatic carbocycles. The van der Waals surface area contributed by atoms with E-state index in [0.29, 0.717) is 0 Å². The van der Waals surface area contributed by atoms with Crippen LogP contribution in [0.15, 0.2) is 54.9 Å². The Morgan fingerprint density at radius 1 is 1.14 bits per heavy atom. The fourth-order valence-corrected chi connectivity index (χ4v) is 2.38. The number of aromatic nitrogens is 2. The molecule has 108 valence electrons. The number of halogens is 1. The SMILES string of the molecule is CC(=O)Nc1ccc(-c2c[n+]3ccccc3n2C)cc1.[I-]. The maximum atomic E-state index is 11.0. The van der Waals surface area contributed by atoms with Gasteiger partial charge in [-0.15, -0.1) is 0 Å². The lowest BCUT2D eigenvalue weighted by atomic mass is 10.1. The molecule has 0 fully saturated rings. The normalized spacial score (nSPS) is 10.2. The molecule has 1 N–H and O–H groups in total. The lowest BCUT2D eigenvalue weighted by Crippen LogP contribution is -3.00. The number of anilines is 1. The summed E-state index contributed by atoms with van der Waals surface area (Å²) in [5, 5.41) is 2.77. The number of imidazole rings is 1. The zero-order valence-corrected chi connectivity index (χ0v) is 14.0. The predicted molar refractivity (Wildman–Crippen MR) is 78.3 cm³/mol. The second kappa shape index (κ2) is 6.26. The van der Waals surface area contributed by atoms with Gasteiger partial charge in [-0.1, -0.05) is 6.07 Å². The molecule has 5 heteroatoms. The summed E-state index contributed by atoms with van der Waals surface area (Å²) in [5.74, 6) is -0.0575. The van der Waals surface area contributed by atoms with Crippen molar-refractivity contribution in [2.45, 2.75) is 6.92 Å². The molecule has 0 aliphatic rings. The summed E-state index contributed by atoms with van der Waals surface area (Å²) < 4.78 is 4.24. The zero-order valence-electron chi connectivity index (χ0n) is 11.9. The summed E-state index contributed by atoms with van der Waals surface area (Å²) in [5.41, 5.74) is 4.19. The minimum atomic E-state index is -0.0575. The van der Waals surface area contributed by atoms with Crippen LogP contribution in [0.2, 0.25) is 0 Å². The molecule has 2 heterocycles. The number of fused-ring (bicyclic) bond motifs is 1. The van der Waals surface area contributed by atoms with Crippen LogP contribution < -0.4 is 33.7 Å². The molecule has 4 nitrogen and oxygen atoms in total. The first kappa shape index (κ1) is 15.5. The molecule has 1 aromatic carbocycles. The van der Waals surface area contributed by atoms with Crippen LogP contribution in [0, 0.1) is 0 Å². The number of carbonyl (C=O) groups excluding carboxylic acids is 1. The Morgan fingerprint density at radius 3 is 2.48 bits per heavy atom. The zero-order chi connectivity index (χ0) is 14.1. The number of hydrogen-bond acceptors (Lipinski definition) is 1. The fraction of sp³-hybridized carbons (Fsp3) is 0.125. The number of nitrogens with zero attached hydrogens (tertiary/aromatic N) is 2. The van der Waals surface area contributed by atoms with Crippen LogP contribution in [-0.2, 0) is 11.8 Å². The molecule has 2 aromatic heterocycles. The molecule has 0 saturated carbocycles. The molecule has 0 aliphatic heterocycles. The van der Waals surface area contributed by atoms with E-state index in [-0.39, 0.29) is 29.9 Å². The van der Waals surface area contributed by atoms with Gasteiger partial charge in [-0.3, -0.25) is 4.79 Å². The average molecular weight is 393 g/mol. The van der Waals surface area contributed by atoms with Crippen molar-refractivity contribution in [1.29, 1.82) is 0 Å². The molecule has 1 amide bonds. The first-order chi connectivity index (χ1) is 9.65. The van der Waals surface area contributed by atoms with Gasteiger partial charge in [-0.05, 0) is 30.3 Å². The number of pyridine rings is 1. The summed E-state index contributed by atoms with van der Waals surface area (Å²) in [6.07, 6.45) is 4.13. The highest BCUT2D eigenvalue weighted by molar-refractivity contribution is 5.88. The van der Waals surface area contributed by atoms with E-state index in [1.165, 1.54) is 6.92 Å². The number of benzene rings is 1. The highest BCUT2D eigenvalue weighted by Gasteiger charge is 2.14. The first-order valence-electron chi connectivity index (χ1n) is 6.49. The molecule has 0 unspecified atom stereocenters. The molecule has 0 radical (unpaired) electrons. The van der Waals surface area contributed by atoms with E-state index in [4.69, 9.17) is 0 Å². The van der Waals surface area contributed by atoms with E-state index in [1.54, 1.807) is 0 Å². The highest BCUT2D eigenvalue weighted by Crippen LogP contribution is 2.21. The van der Waals surface area contributed by atoms with Crippen molar-refractivity contribution >= 4 is 17.2 Å². The molecule has 3 rings (SSSR count). The van der Waals surface area contributed by atoms with Gasteiger partial charge in [-0.25, -0.2) is 8.97 Å². The summed E-state index contributed by atoms with van der Waals surface area (Å²) in [6.45, 7) is 1.51. The van der Waals surface area contributed by atoms with Crippen LogP contribution in [0.4, 0.5) is 5.69 Å². The van der Waals surface area contributed by atoms with Crippen LogP contribution in [0.1, 0.15) is 6.92 Å².